The number of fused-ring (bicyclic) bond motifs is 1. The predicted molar refractivity (Wildman–Crippen MR) is 134 cm³/mol. The summed E-state index contributed by atoms with van der Waals surface area (Å²) in [5.74, 6) is -0.185. The summed E-state index contributed by atoms with van der Waals surface area (Å²) in [6.45, 7) is 3.69. The average Bonchev–Trinajstić information content (AvgIpc) is 3.50. The van der Waals surface area contributed by atoms with Crippen LogP contribution < -0.4 is 10.6 Å². The highest BCUT2D eigenvalue weighted by Crippen LogP contribution is 2.31. The first-order valence-electron chi connectivity index (χ1n) is 11.4. The Balaban J connectivity index is 1.52. The summed E-state index contributed by atoms with van der Waals surface area (Å²) in [6.07, 6.45) is 3.67. The van der Waals surface area contributed by atoms with Crippen molar-refractivity contribution in [3.8, 4) is 5.69 Å². The molecule has 1 fully saturated rings. The van der Waals surface area contributed by atoms with Crippen LogP contribution in [-0.2, 0) is 11.3 Å². The molecule has 1 unspecified atom stereocenters. The van der Waals surface area contributed by atoms with Crippen molar-refractivity contribution in [2.75, 3.05) is 18.5 Å². The Hall–Kier alpha value is -3.42. The van der Waals surface area contributed by atoms with Crippen molar-refractivity contribution < 1.29 is 9.53 Å². The van der Waals surface area contributed by atoms with E-state index < -0.39 is 0 Å². The summed E-state index contributed by atoms with van der Waals surface area (Å²) in [6, 6.07) is 17.5. The fourth-order valence-corrected chi connectivity index (χ4v) is 4.38. The third kappa shape index (κ3) is 4.62. The molecule has 1 aliphatic heterocycles. The minimum Gasteiger partial charge on any atom is -0.380 e. The first-order chi connectivity index (χ1) is 16.6. The Morgan fingerprint density at radius 2 is 1.97 bits per heavy atom. The first kappa shape index (κ1) is 22.4. The molecule has 1 saturated heterocycles. The minimum atomic E-state index is -0.185. The molecule has 174 valence electrons. The Morgan fingerprint density at radius 1 is 1.18 bits per heavy atom. The molecule has 2 aromatic heterocycles. The summed E-state index contributed by atoms with van der Waals surface area (Å²) in [4.78, 5) is 17.9. The number of carbonyl (C=O) groups excluding carboxylic acids is 1. The number of amides is 1. The van der Waals surface area contributed by atoms with Crippen molar-refractivity contribution in [1.29, 1.82) is 0 Å². The van der Waals surface area contributed by atoms with E-state index in [1.165, 1.54) is 0 Å². The normalized spacial score (nSPS) is 15.5. The molecule has 34 heavy (non-hydrogen) atoms. The molecule has 1 atom stereocenters. The zero-order valence-electron chi connectivity index (χ0n) is 18.9. The highest BCUT2D eigenvalue weighted by molar-refractivity contribution is 6.30. The lowest BCUT2D eigenvalue weighted by Gasteiger charge is -2.15. The molecule has 0 spiro atoms. The molecule has 0 aliphatic carbocycles. The van der Waals surface area contributed by atoms with E-state index in [9.17, 15) is 4.79 Å². The largest absolute Gasteiger partial charge is 0.380 e. The monoisotopic (exact) mass is 475 g/mol. The van der Waals surface area contributed by atoms with Gasteiger partial charge in [0.25, 0.3) is 5.91 Å². The molecule has 1 amide bonds. The average molecular weight is 476 g/mol. The highest BCUT2D eigenvalue weighted by Gasteiger charge is 2.23. The molecule has 8 heteroatoms. The first-order valence-corrected chi connectivity index (χ1v) is 11.8. The summed E-state index contributed by atoms with van der Waals surface area (Å²) in [5, 5.41) is 12.7. The number of hydrogen-bond donors (Lipinski definition) is 2. The number of anilines is 1. The van der Waals surface area contributed by atoms with Crippen molar-refractivity contribution in [1.82, 2.24) is 20.1 Å². The summed E-state index contributed by atoms with van der Waals surface area (Å²) >= 11 is 6.04. The number of nitrogens with one attached hydrogen (secondary N) is 2. The van der Waals surface area contributed by atoms with E-state index in [1.54, 1.807) is 6.20 Å². The van der Waals surface area contributed by atoms with Gasteiger partial charge in [0.1, 0.15) is 0 Å². The van der Waals surface area contributed by atoms with Crippen LogP contribution >= 0.6 is 11.6 Å². The van der Waals surface area contributed by atoms with Crippen LogP contribution in [0.3, 0.4) is 0 Å². The molecule has 2 N–H and O–H groups in total. The lowest BCUT2D eigenvalue weighted by molar-refractivity contribution is 0.0858. The van der Waals surface area contributed by atoms with Gasteiger partial charge < -0.3 is 15.4 Å². The number of hydrogen-bond acceptors (Lipinski definition) is 5. The molecule has 5 rings (SSSR count). The standard InChI is InChI=1S/C26H26ClN5O2/c1-17-23-24(28-14-18-9-11-19(27)12-10-18)22(26(33)30-15-21-8-5-13-34-21)16-29-25(23)32(31-17)20-6-3-2-4-7-20/h2-4,6-7,9-12,16,21H,5,8,13-15H2,1H3,(H,28,29)(H,30,33). The summed E-state index contributed by atoms with van der Waals surface area (Å²) in [7, 11) is 0. The highest BCUT2D eigenvalue weighted by atomic mass is 35.5. The Morgan fingerprint density at radius 3 is 2.71 bits per heavy atom. The van der Waals surface area contributed by atoms with Crippen molar-refractivity contribution >= 4 is 34.2 Å². The summed E-state index contributed by atoms with van der Waals surface area (Å²) < 4.78 is 7.47. The van der Waals surface area contributed by atoms with Crippen LogP contribution in [0, 0.1) is 6.92 Å². The third-order valence-corrected chi connectivity index (χ3v) is 6.27. The molecular formula is C26H26ClN5O2. The molecular weight excluding hydrogens is 450 g/mol. The van der Waals surface area contributed by atoms with E-state index in [4.69, 9.17) is 21.4 Å². The Bertz CT molecular complexity index is 1300. The molecule has 0 saturated carbocycles. The van der Waals surface area contributed by atoms with Gasteiger partial charge in [-0.05, 0) is 49.6 Å². The van der Waals surface area contributed by atoms with Crippen LogP contribution in [0.15, 0.2) is 60.8 Å². The van der Waals surface area contributed by atoms with Crippen LogP contribution in [0.2, 0.25) is 5.02 Å². The van der Waals surface area contributed by atoms with Gasteiger partial charge in [0.15, 0.2) is 5.65 Å². The van der Waals surface area contributed by atoms with E-state index in [-0.39, 0.29) is 12.0 Å². The molecule has 3 heterocycles. The molecule has 7 nitrogen and oxygen atoms in total. The molecule has 1 aliphatic rings. The smallest absolute Gasteiger partial charge is 0.255 e. The zero-order valence-corrected chi connectivity index (χ0v) is 19.7. The number of carbonyl (C=O) groups is 1. The van der Waals surface area contributed by atoms with Gasteiger partial charge in [-0.2, -0.15) is 5.10 Å². The van der Waals surface area contributed by atoms with Crippen molar-refractivity contribution in [3.05, 3.63) is 82.6 Å². The number of para-hydroxylation sites is 1. The van der Waals surface area contributed by atoms with Crippen LogP contribution in [0.25, 0.3) is 16.7 Å². The van der Waals surface area contributed by atoms with Gasteiger partial charge in [0.05, 0.1) is 34.1 Å². The van der Waals surface area contributed by atoms with Crippen LogP contribution in [-0.4, -0.2) is 39.9 Å². The second-order valence-electron chi connectivity index (χ2n) is 8.40. The Labute approximate surface area is 203 Å². The lowest BCUT2D eigenvalue weighted by Crippen LogP contribution is -2.32. The second kappa shape index (κ2) is 9.83. The fraction of sp³-hybridized carbons (Fsp3) is 0.269. The van der Waals surface area contributed by atoms with Crippen molar-refractivity contribution in [2.24, 2.45) is 0 Å². The van der Waals surface area contributed by atoms with Gasteiger partial charge in [-0.1, -0.05) is 41.9 Å². The number of aryl methyl sites for hydroxylation is 1. The maximum atomic E-state index is 13.2. The van der Waals surface area contributed by atoms with Gasteiger partial charge in [0.2, 0.25) is 0 Å². The quantitative estimate of drug-likeness (QED) is 0.397. The third-order valence-electron chi connectivity index (χ3n) is 6.01. The van der Waals surface area contributed by atoms with Gasteiger partial charge in [-0.15, -0.1) is 0 Å². The van der Waals surface area contributed by atoms with E-state index in [0.717, 1.165) is 41.8 Å². The number of ether oxygens (including phenoxy) is 1. The zero-order chi connectivity index (χ0) is 23.5. The molecule has 4 aromatic rings. The maximum absolute atomic E-state index is 13.2. The van der Waals surface area contributed by atoms with Gasteiger partial charge in [0, 0.05) is 30.9 Å². The fourth-order valence-electron chi connectivity index (χ4n) is 4.26. The lowest BCUT2D eigenvalue weighted by atomic mass is 10.1. The minimum absolute atomic E-state index is 0.0636. The topological polar surface area (TPSA) is 81.1 Å². The molecule has 2 aromatic carbocycles. The van der Waals surface area contributed by atoms with E-state index >= 15 is 0 Å². The van der Waals surface area contributed by atoms with Crippen LogP contribution in [0.1, 0.15) is 34.5 Å². The van der Waals surface area contributed by atoms with Crippen molar-refractivity contribution in [3.63, 3.8) is 0 Å². The van der Waals surface area contributed by atoms with E-state index in [0.29, 0.717) is 35.0 Å². The van der Waals surface area contributed by atoms with Gasteiger partial charge >= 0.3 is 0 Å². The molecule has 0 radical (unpaired) electrons. The van der Waals surface area contributed by atoms with Crippen LogP contribution in [0.5, 0.6) is 0 Å². The number of aromatic nitrogens is 3. The number of rotatable bonds is 7. The van der Waals surface area contributed by atoms with Crippen LogP contribution in [0.4, 0.5) is 5.69 Å². The van der Waals surface area contributed by atoms with E-state index in [2.05, 4.69) is 15.6 Å². The van der Waals surface area contributed by atoms with Crippen molar-refractivity contribution in [2.45, 2.75) is 32.4 Å². The number of halogens is 1. The van der Waals surface area contributed by atoms with Gasteiger partial charge in [-0.3, -0.25) is 4.79 Å². The molecule has 0 bridgehead atoms. The maximum Gasteiger partial charge on any atom is 0.255 e. The number of pyridine rings is 1. The van der Waals surface area contributed by atoms with E-state index in [1.807, 2.05) is 66.2 Å². The Kier molecular flexibility index (Phi) is 6.47. The number of benzene rings is 2. The van der Waals surface area contributed by atoms with Gasteiger partial charge in [-0.25, -0.2) is 9.67 Å². The SMILES string of the molecule is Cc1nn(-c2ccccc2)c2ncc(C(=O)NCC3CCCO3)c(NCc3ccc(Cl)cc3)c12. The predicted octanol–water partition coefficient (Wildman–Crippen LogP) is 4.90. The second-order valence-corrected chi connectivity index (χ2v) is 8.84. The summed E-state index contributed by atoms with van der Waals surface area (Å²) in [5.41, 5.74) is 4.64. The number of nitrogens with zero attached hydrogens (tertiary/aromatic N) is 3.